The average molecular weight is 397 g/mol. The summed E-state index contributed by atoms with van der Waals surface area (Å²) in [6.45, 7) is -3.29. The number of amides is 2. The van der Waals surface area contributed by atoms with E-state index >= 15 is 0 Å². The van der Waals surface area contributed by atoms with Gasteiger partial charge in [0.05, 0.1) is 20.7 Å². The van der Waals surface area contributed by atoms with Crippen molar-refractivity contribution in [3.8, 4) is 11.5 Å². The molecule has 1 aromatic heterocycles. The van der Waals surface area contributed by atoms with Crippen LogP contribution in [0.15, 0.2) is 42.4 Å². The van der Waals surface area contributed by atoms with Gasteiger partial charge in [-0.25, -0.2) is 0 Å². The average Bonchev–Trinajstić information content (AvgIpc) is 3.49. The quantitative estimate of drug-likeness (QED) is 0.683. The Morgan fingerprint density at radius 1 is 1.24 bits per heavy atom. The van der Waals surface area contributed by atoms with Gasteiger partial charge in [-0.1, -0.05) is 24.2 Å². The van der Waals surface area contributed by atoms with E-state index in [4.69, 9.17) is 19.1 Å². The summed E-state index contributed by atoms with van der Waals surface area (Å²) in [5.41, 5.74) is -0.554. The number of H-pyrrole nitrogens is 1. The standard InChI is InChI=1S/C22H19N3O4/c1-24-10-19(26)25-16(22(24)27)9-14-13-4-2-3-5-15(13)23-20(14)21(25)12-6-7-17-18(8-12)29-11-28-17/h2-8,16,21,23H,9-11H2,1H3/t16-,21-/m1/s1/i6D,7D,8D,9D2,10D2,21D. The molecule has 0 saturated carbocycles. The minimum Gasteiger partial charge on any atom is -0.454 e. The first kappa shape index (κ1) is 10.3. The second kappa shape index (κ2) is 5.76. The summed E-state index contributed by atoms with van der Waals surface area (Å²) >= 11 is 0. The zero-order chi connectivity index (χ0) is 26.8. The SMILES string of the molecule is [2H]c1c([2H])c([C@]2([2H])c3[nH]c4ccccc4c3C([2H])([2H])[C@@H]3C(=O)N(C)C([2H])([2H])C(=O)N32)c([2H])c2c1OCO2. The number of aromatic amines is 1. The summed E-state index contributed by atoms with van der Waals surface area (Å²) in [5, 5.41) is 0.320. The molecule has 2 amide bonds. The monoisotopic (exact) mass is 397 g/mol. The fourth-order valence-corrected chi connectivity index (χ4v) is 3.84. The number of hydrogen-bond donors (Lipinski definition) is 1. The van der Waals surface area contributed by atoms with Gasteiger partial charge < -0.3 is 24.3 Å². The molecule has 3 aliphatic heterocycles. The van der Waals surface area contributed by atoms with Gasteiger partial charge in [0.1, 0.15) is 6.04 Å². The fourth-order valence-electron chi connectivity index (χ4n) is 3.84. The van der Waals surface area contributed by atoms with Crippen LogP contribution in [0.3, 0.4) is 0 Å². The van der Waals surface area contributed by atoms with E-state index < -0.39 is 60.4 Å². The molecule has 4 heterocycles. The molecular weight excluding hydrogens is 370 g/mol. The zero-order valence-electron chi connectivity index (χ0n) is 23.1. The third kappa shape index (κ3) is 2.24. The number of fused-ring (bicyclic) bond motifs is 5. The van der Waals surface area contributed by atoms with Gasteiger partial charge in [0.15, 0.2) is 11.5 Å². The van der Waals surface area contributed by atoms with Crippen LogP contribution in [-0.2, 0) is 16.0 Å². The lowest BCUT2D eigenvalue weighted by molar-refractivity contribution is -0.157. The van der Waals surface area contributed by atoms with Crippen LogP contribution in [0.1, 0.15) is 33.8 Å². The predicted molar refractivity (Wildman–Crippen MR) is 105 cm³/mol. The molecule has 0 aliphatic carbocycles. The van der Waals surface area contributed by atoms with Crippen LogP contribution >= 0.6 is 0 Å². The van der Waals surface area contributed by atoms with Crippen molar-refractivity contribution in [2.45, 2.75) is 18.4 Å². The summed E-state index contributed by atoms with van der Waals surface area (Å²) in [6, 6.07) is 0.0422. The summed E-state index contributed by atoms with van der Waals surface area (Å²) in [5.74, 6) is -2.91. The maximum absolute atomic E-state index is 13.7. The molecule has 1 saturated heterocycles. The highest BCUT2D eigenvalue weighted by atomic mass is 16.7. The molecule has 146 valence electrons. The maximum Gasteiger partial charge on any atom is 0.245 e. The number of carbonyl (C=O) groups excluding carboxylic acids is 2. The molecule has 2 atom stereocenters. The number of likely N-dealkylation sites (N-methyl/N-ethyl adjacent to an activating group) is 1. The van der Waals surface area contributed by atoms with E-state index in [-0.39, 0.29) is 29.5 Å². The number of aromatic nitrogens is 1. The van der Waals surface area contributed by atoms with Crippen LogP contribution in [0, 0.1) is 0 Å². The van der Waals surface area contributed by atoms with E-state index in [1.165, 1.54) is 0 Å². The topological polar surface area (TPSA) is 74.9 Å². The molecule has 1 N–H and O–H groups in total. The van der Waals surface area contributed by atoms with Crippen LogP contribution in [0.5, 0.6) is 11.5 Å². The predicted octanol–water partition coefficient (Wildman–Crippen LogP) is 2.21. The molecule has 0 radical (unpaired) electrons. The highest BCUT2D eigenvalue weighted by molar-refractivity contribution is 5.97. The van der Waals surface area contributed by atoms with Crippen molar-refractivity contribution in [2.75, 3.05) is 20.3 Å². The molecule has 0 spiro atoms. The third-order valence-corrected chi connectivity index (χ3v) is 5.16. The summed E-state index contributed by atoms with van der Waals surface area (Å²) in [7, 11) is 1.04. The van der Waals surface area contributed by atoms with E-state index in [1.807, 2.05) is 0 Å². The summed E-state index contributed by atoms with van der Waals surface area (Å²) < 4.78 is 80.9. The molecular formula is C22H19N3O4. The highest BCUT2D eigenvalue weighted by Gasteiger charge is 2.47. The minimum atomic E-state index is -2.95. The van der Waals surface area contributed by atoms with Gasteiger partial charge in [-0.3, -0.25) is 9.59 Å². The molecule has 0 bridgehead atoms. The lowest BCUT2D eigenvalue weighted by atomic mass is 9.86. The summed E-state index contributed by atoms with van der Waals surface area (Å²) in [6.07, 6.45) is -2.60. The Balaban J connectivity index is 1.80. The van der Waals surface area contributed by atoms with Crippen LogP contribution in [0.25, 0.3) is 10.9 Å². The molecule has 3 aliphatic rings. The largest absolute Gasteiger partial charge is 0.454 e. The Morgan fingerprint density at radius 2 is 2.07 bits per heavy atom. The first-order chi connectivity index (χ1) is 17.3. The second-order valence-corrected chi connectivity index (χ2v) is 6.82. The first-order valence-electron chi connectivity index (χ1n) is 12.9. The lowest BCUT2D eigenvalue weighted by Crippen LogP contribution is -2.62. The van der Waals surface area contributed by atoms with E-state index in [0.717, 1.165) is 7.05 Å². The second-order valence-electron chi connectivity index (χ2n) is 6.82. The normalized spacial score (nSPS) is 32.8. The smallest absolute Gasteiger partial charge is 0.245 e. The Hall–Kier alpha value is -3.48. The van der Waals surface area contributed by atoms with Crippen molar-refractivity contribution < 1.29 is 30.0 Å². The molecule has 2 aromatic carbocycles. The van der Waals surface area contributed by atoms with Crippen molar-refractivity contribution in [1.29, 1.82) is 0 Å². The number of nitrogens with zero attached hydrogens (tertiary/aromatic N) is 2. The van der Waals surface area contributed by atoms with Crippen molar-refractivity contribution >= 4 is 22.7 Å². The van der Waals surface area contributed by atoms with Gasteiger partial charge in [-0.05, 0) is 29.3 Å². The van der Waals surface area contributed by atoms with Crippen molar-refractivity contribution in [3.05, 3.63) is 59.2 Å². The molecule has 0 unspecified atom stereocenters. The van der Waals surface area contributed by atoms with Gasteiger partial charge in [-0.2, -0.15) is 0 Å². The lowest BCUT2D eigenvalue weighted by Gasteiger charge is -2.46. The van der Waals surface area contributed by atoms with Gasteiger partial charge in [0.2, 0.25) is 18.6 Å². The van der Waals surface area contributed by atoms with Gasteiger partial charge in [0.25, 0.3) is 0 Å². The van der Waals surface area contributed by atoms with E-state index in [1.54, 1.807) is 24.3 Å². The van der Waals surface area contributed by atoms with E-state index in [9.17, 15) is 11.0 Å². The number of ether oxygens (including phenoxy) is 2. The number of nitrogens with one attached hydrogen (secondary N) is 1. The highest BCUT2D eigenvalue weighted by Crippen LogP contribution is 2.44. The molecule has 7 heteroatoms. The van der Waals surface area contributed by atoms with Crippen molar-refractivity contribution in [2.24, 2.45) is 0 Å². The Labute approximate surface area is 178 Å². The number of piperazine rings is 1. The maximum atomic E-state index is 13.7. The number of para-hydroxylation sites is 1. The van der Waals surface area contributed by atoms with Crippen molar-refractivity contribution in [1.82, 2.24) is 14.8 Å². The fraction of sp³-hybridized carbons (Fsp3) is 0.273. The molecule has 7 nitrogen and oxygen atoms in total. The molecule has 3 aromatic rings. The molecule has 1 fully saturated rings. The van der Waals surface area contributed by atoms with E-state index in [2.05, 4.69) is 4.98 Å². The van der Waals surface area contributed by atoms with Gasteiger partial charge >= 0.3 is 0 Å². The van der Waals surface area contributed by atoms with Crippen molar-refractivity contribution in [3.63, 3.8) is 0 Å². The number of carbonyl (C=O) groups is 2. The van der Waals surface area contributed by atoms with Gasteiger partial charge in [0, 0.05) is 32.8 Å². The van der Waals surface area contributed by atoms with Crippen LogP contribution in [-0.4, -0.2) is 53.0 Å². The Morgan fingerprint density at radius 3 is 2.97 bits per heavy atom. The van der Waals surface area contributed by atoms with Crippen LogP contribution in [0.4, 0.5) is 0 Å². The number of benzene rings is 2. The van der Waals surface area contributed by atoms with Gasteiger partial charge in [-0.15, -0.1) is 0 Å². The van der Waals surface area contributed by atoms with E-state index in [0.29, 0.717) is 20.7 Å². The Bertz CT molecular complexity index is 1560. The number of hydrogen-bond acceptors (Lipinski definition) is 4. The molecule has 6 rings (SSSR count). The first-order valence-corrected chi connectivity index (χ1v) is 8.90. The minimum absolute atomic E-state index is 0.126. The zero-order valence-corrected chi connectivity index (χ0v) is 15.1. The van der Waals surface area contributed by atoms with Crippen LogP contribution in [0.2, 0.25) is 0 Å². The third-order valence-electron chi connectivity index (χ3n) is 5.16. The Kier molecular flexibility index (Phi) is 2.05. The van der Waals surface area contributed by atoms with Crippen LogP contribution < -0.4 is 9.47 Å². The molecule has 29 heavy (non-hydrogen) atoms. The summed E-state index contributed by atoms with van der Waals surface area (Å²) in [4.78, 5) is 31.2. The number of rotatable bonds is 1.